The summed E-state index contributed by atoms with van der Waals surface area (Å²) in [4.78, 5) is 12.3. The summed E-state index contributed by atoms with van der Waals surface area (Å²) < 4.78 is 11.0. The van der Waals surface area contributed by atoms with Gasteiger partial charge in [0.05, 0.1) is 12.0 Å². The maximum absolute atomic E-state index is 12.3. The van der Waals surface area contributed by atoms with Crippen LogP contribution in [0.5, 0.6) is 5.75 Å². The van der Waals surface area contributed by atoms with Crippen LogP contribution in [0.1, 0.15) is 50.5 Å². The SMILES string of the molecule is Cc1ccc(OCCOC(=O)CC23C[C@@H]4C[C@@H](CC(O)(C4)C2)C3)cc1. The van der Waals surface area contributed by atoms with Crippen molar-refractivity contribution in [1.82, 2.24) is 0 Å². The van der Waals surface area contributed by atoms with Gasteiger partial charge in [0.1, 0.15) is 19.0 Å². The van der Waals surface area contributed by atoms with Crippen LogP contribution in [0, 0.1) is 24.2 Å². The molecule has 5 rings (SSSR count). The summed E-state index contributed by atoms with van der Waals surface area (Å²) in [6.45, 7) is 2.68. The lowest BCUT2D eigenvalue weighted by Crippen LogP contribution is -2.56. The Morgan fingerprint density at radius 3 is 2.44 bits per heavy atom. The first kappa shape index (κ1) is 16.9. The van der Waals surface area contributed by atoms with Crippen LogP contribution in [0.3, 0.4) is 0 Å². The highest BCUT2D eigenvalue weighted by molar-refractivity contribution is 5.70. The highest BCUT2D eigenvalue weighted by Gasteiger charge is 2.57. The fourth-order valence-corrected chi connectivity index (χ4v) is 5.92. The van der Waals surface area contributed by atoms with E-state index in [0.717, 1.165) is 37.9 Å². The summed E-state index contributed by atoms with van der Waals surface area (Å²) >= 11 is 0. The summed E-state index contributed by atoms with van der Waals surface area (Å²) in [5.41, 5.74) is 0.656. The first-order chi connectivity index (χ1) is 11.9. The first-order valence-corrected chi connectivity index (χ1v) is 9.51. The number of hydrogen-bond acceptors (Lipinski definition) is 4. The smallest absolute Gasteiger partial charge is 0.306 e. The summed E-state index contributed by atoms with van der Waals surface area (Å²) in [5.74, 6) is 1.86. The Hall–Kier alpha value is -1.55. The molecule has 4 heteroatoms. The topological polar surface area (TPSA) is 55.8 Å². The number of hydrogen-bond donors (Lipinski definition) is 1. The zero-order chi connectivity index (χ0) is 17.5. The van der Waals surface area contributed by atoms with Crippen molar-refractivity contribution in [3.8, 4) is 5.75 Å². The Morgan fingerprint density at radius 1 is 1.12 bits per heavy atom. The number of carbonyl (C=O) groups is 1. The van der Waals surface area contributed by atoms with Crippen molar-refractivity contribution >= 4 is 5.97 Å². The van der Waals surface area contributed by atoms with Gasteiger partial charge in [-0.2, -0.15) is 0 Å². The zero-order valence-electron chi connectivity index (χ0n) is 15.0. The number of esters is 1. The lowest BCUT2D eigenvalue weighted by Gasteiger charge is -2.60. The summed E-state index contributed by atoms with van der Waals surface area (Å²) in [6.07, 6.45) is 6.51. The lowest BCUT2D eigenvalue weighted by molar-refractivity contribution is -0.177. The van der Waals surface area contributed by atoms with Gasteiger partial charge in [-0.1, -0.05) is 17.7 Å². The molecule has 0 aromatic heterocycles. The third-order valence-electron chi connectivity index (χ3n) is 6.31. The molecule has 4 saturated carbocycles. The molecule has 136 valence electrons. The second-order valence-electron chi connectivity index (χ2n) is 8.74. The highest BCUT2D eigenvalue weighted by atomic mass is 16.6. The maximum atomic E-state index is 12.3. The number of ether oxygens (including phenoxy) is 2. The Labute approximate surface area is 149 Å². The van der Waals surface area contributed by atoms with Crippen LogP contribution in [0.2, 0.25) is 0 Å². The van der Waals surface area contributed by atoms with E-state index in [-0.39, 0.29) is 18.0 Å². The number of aryl methyl sites for hydroxylation is 1. The molecular weight excluding hydrogens is 316 g/mol. The van der Waals surface area contributed by atoms with Gasteiger partial charge in [0.2, 0.25) is 0 Å². The monoisotopic (exact) mass is 344 g/mol. The number of carbonyl (C=O) groups excluding carboxylic acids is 1. The Bertz CT molecular complexity index is 622. The van der Waals surface area contributed by atoms with Crippen molar-refractivity contribution in [1.29, 1.82) is 0 Å². The molecule has 0 saturated heterocycles. The molecule has 4 atom stereocenters. The van der Waals surface area contributed by atoms with E-state index in [9.17, 15) is 9.90 Å². The quantitative estimate of drug-likeness (QED) is 0.632. The third kappa shape index (κ3) is 3.69. The van der Waals surface area contributed by atoms with Crippen LogP contribution in [0.25, 0.3) is 0 Å². The van der Waals surface area contributed by atoms with Crippen molar-refractivity contribution in [3.05, 3.63) is 29.8 Å². The van der Waals surface area contributed by atoms with Gasteiger partial charge in [0, 0.05) is 0 Å². The van der Waals surface area contributed by atoms with Crippen LogP contribution >= 0.6 is 0 Å². The van der Waals surface area contributed by atoms with Crippen molar-refractivity contribution < 1.29 is 19.4 Å². The van der Waals surface area contributed by atoms with E-state index in [0.29, 0.717) is 24.9 Å². The predicted molar refractivity (Wildman–Crippen MR) is 94.3 cm³/mol. The number of aliphatic hydroxyl groups is 1. The van der Waals surface area contributed by atoms with Crippen LogP contribution in [0.15, 0.2) is 24.3 Å². The molecular formula is C21H28O4. The summed E-state index contributed by atoms with van der Waals surface area (Å²) in [7, 11) is 0. The molecule has 0 spiro atoms. The second-order valence-corrected chi connectivity index (χ2v) is 8.74. The lowest BCUT2D eigenvalue weighted by atomic mass is 9.47. The fraction of sp³-hybridized carbons (Fsp3) is 0.667. The third-order valence-corrected chi connectivity index (χ3v) is 6.31. The predicted octanol–water partition coefficient (Wildman–Crippen LogP) is 3.64. The maximum Gasteiger partial charge on any atom is 0.306 e. The molecule has 4 nitrogen and oxygen atoms in total. The van der Waals surface area contributed by atoms with Crippen molar-refractivity contribution in [2.24, 2.45) is 17.3 Å². The van der Waals surface area contributed by atoms with Crippen molar-refractivity contribution in [2.75, 3.05) is 13.2 Å². The van der Waals surface area contributed by atoms with Crippen LogP contribution in [-0.4, -0.2) is 29.9 Å². The van der Waals surface area contributed by atoms with E-state index in [2.05, 4.69) is 0 Å². The van der Waals surface area contributed by atoms with Gasteiger partial charge in [-0.25, -0.2) is 0 Å². The van der Waals surface area contributed by atoms with Gasteiger partial charge in [-0.15, -0.1) is 0 Å². The molecule has 25 heavy (non-hydrogen) atoms. The highest BCUT2D eigenvalue weighted by Crippen LogP contribution is 2.62. The standard InChI is InChI=1S/C21H28O4/c1-15-2-4-18(5-3-15)24-6-7-25-19(22)13-20-9-16-8-17(10-20)12-21(23,11-16)14-20/h2-5,16-17,23H,6-14H2,1H3/t16-,17+,20?,21?. The number of rotatable bonds is 6. The molecule has 2 unspecified atom stereocenters. The molecule has 4 fully saturated rings. The molecule has 1 N–H and O–H groups in total. The van der Waals surface area contributed by atoms with E-state index in [4.69, 9.17) is 9.47 Å². The van der Waals surface area contributed by atoms with Gasteiger partial charge in [-0.05, 0) is 74.8 Å². The second kappa shape index (κ2) is 6.31. The minimum Gasteiger partial charge on any atom is -0.490 e. The van der Waals surface area contributed by atoms with E-state index >= 15 is 0 Å². The number of benzene rings is 1. The van der Waals surface area contributed by atoms with Gasteiger partial charge in [0.15, 0.2) is 0 Å². The summed E-state index contributed by atoms with van der Waals surface area (Å²) in [5, 5.41) is 10.8. The van der Waals surface area contributed by atoms with Gasteiger partial charge < -0.3 is 14.6 Å². The van der Waals surface area contributed by atoms with Crippen molar-refractivity contribution in [3.63, 3.8) is 0 Å². The Balaban J connectivity index is 1.25. The largest absolute Gasteiger partial charge is 0.490 e. The fourth-order valence-electron chi connectivity index (χ4n) is 5.92. The van der Waals surface area contributed by atoms with E-state index in [1.54, 1.807) is 0 Å². The average molecular weight is 344 g/mol. The Morgan fingerprint density at radius 2 is 1.80 bits per heavy atom. The normalized spacial score (nSPS) is 35.6. The average Bonchev–Trinajstić information content (AvgIpc) is 2.50. The minimum atomic E-state index is -0.515. The molecule has 0 amide bonds. The zero-order valence-corrected chi connectivity index (χ0v) is 15.0. The minimum absolute atomic E-state index is 0.0201. The van der Waals surface area contributed by atoms with Crippen LogP contribution < -0.4 is 4.74 Å². The molecule has 0 aliphatic heterocycles. The Kier molecular flexibility index (Phi) is 4.27. The molecule has 4 aliphatic carbocycles. The molecule has 4 aliphatic rings. The van der Waals surface area contributed by atoms with Gasteiger partial charge in [-0.3, -0.25) is 4.79 Å². The summed E-state index contributed by atoms with van der Waals surface area (Å²) in [6, 6.07) is 7.85. The molecule has 1 aromatic rings. The molecule has 1 aromatic carbocycles. The van der Waals surface area contributed by atoms with E-state index in [1.807, 2.05) is 31.2 Å². The first-order valence-electron chi connectivity index (χ1n) is 9.51. The van der Waals surface area contributed by atoms with Gasteiger partial charge in [0.25, 0.3) is 0 Å². The van der Waals surface area contributed by atoms with Crippen LogP contribution in [-0.2, 0) is 9.53 Å². The molecule has 0 radical (unpaired) electrons. The van der Waals surface area contributed by atoms with Crippen molar-refractivity contribution in [2.45, 2.75) is 57.5 Å². The van der Waals surface area contributed by atoms with Gasteiger partial charge >= 0.3 is 5.97 Å². The van der Waals surface area contributed by atoms with E-state index < -0.39 is 5.60 Å². The molecule has 0 heterocycles. The van der Waals surface area contributed by atoms with E-state index in [1.165, 1.54) is 12.0 Å². The molecule has 4 bridgehead atoms. The van der Waals surface area contributed by atoms with Crippen LogP contribution in [0.4, 0.5) is 0 Å².